The third-order valence-electron chi connectivity index (χ3n) is 3.94. The SMILES string of the molecule is CCC(COC(=O)C1CCCCC1)NC(=O)C(N)CC(=O)O. The Morgan fingerprint density at radius 3 is 2.45 bits per heavy atom. The Labute approximate surface area is 130 Å². The second-order valence-corrected chi connectivity index (χ2v) is 5.78. The topological polar surface area (TPSA) is 119 Å². The summed E-state index contributed by atoms with van der Waals surface area (Å²) in [7, 11) is 0. The highest BCUT2D eigenvalue weighted by Gasteiger charge is 2.24. The van der Waals surface area contributed by atoms with Crippen molar-refractivity contribution in [1.29, 1.82) is 0 Å². The predicted octanol–water partition coefficient (Wildman–Crippen LogP) is 0.807. The molecule has 7 heteroatoms. The van der Waals surface area contributed by atoms with E-state index in [-0.39, 0.29) is 24.5 Å². The van der Waals surface area contributed by atoms with E-state index >= 15 is 0 Å². The summed E-state index contributed by atoms with van der Waals surface area (Å²) in [6.45, 7) is 1.94. The lowest BCUT2D eigenvalue weighted by Crippen LogP contribution is -2.47. The third kappa shape index (κ3) is 6.43. The molecule has 126 valence electrons. The van der Waals surface area contributed by atoms with Crippen LogP contribution in [0.25, 0.3) is 0 Å². The first-order valence-electron chi connectivity index (χ1n) is 7.88. The minimum Gasteiger partial charge on any atom is -0.481 e. The Balaban J connectivity index is 2.36. The molecule has 0 spiro atoms. The number of hydrogen-bond donors (Lipinski definition) is 3. The zero-order chi connectivity index (χ0) is 16.5. The third-order valence-corrected chi connectivity index (χ3v) is 3.94. The Morgan fingerprint density at radius 1 is 1.27 bits per heavy atom. The number of nitrogens with one attached hydrogen (secondary N) is 1. The van der Waals surface area contributed by atoms with Crippen LogP contribution < -0.4 is 11.1 Å². The van der Waals surface area contributed by atoms with Gasteiger partial charge in [0.15, 0.2) is 0 Å². The Bertz CT molecular complexity index is 393. The molecule has 1 aliphatic rings. The second-order valence-electron chi connectivity index (χ2n) is 5.78. The molecule has 0 aromatic carbocycles. The minimum absolute atomic E-state index is 0.0313. The van der Waals surface area contributed by atoms with Gasteiger partial charge in [0.25, 0.3) is 0 Å². The van der Waals surface area contributed by atoms with Crippen molar-refractivity contribution in [3.8, 4) is 0 Å². The first kappa shape index (κ1) is 18.4. The summed E-state index contributed by atoms with van der Waals surface area (Å²) >= 11 is 0. The fraction of sp³-hybridized carbons (Fsp3) is 0.800. The monoisotopic (exact) mass is 314 g/mol. The summed E-state index contributed by atoms with van der Waals surface area (Å²) in [5.74, 6) is -1.90. The average molecular weight is 314 g/mol. The molecule has 22 heavy (non-hydrogen) atoms. The van der Waals surface area contributed by atoms with E-state index in [1.54, 1.807) is 0 Å². The van der Waals surface area contributed by atoms with E-state index in [4.69, 9.17) is 15.6 Å². The molecule has 1 amide bonds. The van der Waals surface area contributed by atoms with Crippen LogP contribution in [0.4, 0.5) is 0 Å². The molecule has 2 unspecified atom stereocenters. The van der Waals surface area contributed by atoms with Gasteiger partial charge in [0.2, 0.25) is 5.91 Å². The first-order chi connectivity index (χ1) is 10.4. The summed E-state index contributed by atoms with van der Waals surface area (Å²) in [5, 5.41) is 11.2. The Kier molecular flexibility index (Phi) is 7.87. The summed E-state index contributed by atoms with van der Waals surface area (Å²) in [6, 6.07) is -1.44. The highest BCUT2D eigenvalue weighted by atomic mass is 16.5. The average Bonchev–Trinajstić information content (AvgIpc) is 2.50. The van der Waals surface area contributed by atoms with Crippen LogP contribution in [0.1, 0.15) is 51.9 Å². The molecule has 0 radical (unpaired) electrons. The Hall–Kier alpha value is -1.63. The van der Waals surface area contributed by atoms with Gasteiger partial charge in [-0.25, -0.2) is 0 Å². The predicted molar refractivity (Wildman–Crippen MR) is 80.0 cm³/mol. The number of amides is 1. The molecule has 0 aliphatic heterocycles. The molecule has 1 fully saturated rings. The van der Waals surface area contributed by atoms with Gasteiger partial charge >= 0.3 is 11.9 Å². The molecular weight excluding hydrogens is 288 g/mol. The van der Waals surface area contributed by atoms with Crippen LogP contribution in [0.3, 0.4) is 0 Å². The number of aliphatic carboxylic acids is 1. The number of carbonyl (C=O) groups is 3. The van der Waals surface area contributed by atoms with Crippen LogP contribution in [0, 0.1) is 5.92 Å². The maximum atomic E-state index is 11.9. The van der Waals surface area contributed by atoms with E-state index in [0.29, 0.717) is 6.42 Å². The molecule has 0 bridgehead atoms. The zero-order valence-corrected chi connectivity index (χ0v) is 13.0. The normalized spacial score (nSPS) is 18.3. The number of carboxylic acid groups (broad SMARTS) is 1. The van der Waals surface area contributed by atoms with Gasteiger partial charge in [-0.15, -0.1) is 0 Å². The van der Waals surface area contributed by atoms with Crippen molar-refractivity contribution < 1.29 is 24.2 Å². The Morgan fingerprint density at radius 2 is 1.91 bits per heavy atom. The van der Waals surface area contributed by atoms with Crippen LogP contribution in [0.2, 0.25) is 0 Å². The van der Waals surface area contributed by atoms with Crippen LogP contribution in [0.15, 0.2) is 0 Å². The standard InChI is InChI=1S/C15H26N2O5/c1-2-11(17-14(20)12(16)8-13(18)19)9-22-15(21)10-6-4-3-5-7-10/h10-12H,2-9,16H2,1H3,(H,17,20)(H,18,19). The maximum Gasteiger partial charge on any atom is 0.309 e. The summed E-state index contributed by atoms with van der Waals surface area (Å²) in [4.78, 5) is 34.2. The highest BCUT2D eigenvalue weighted by Crippen LogP contribution is 2.24. The largest absolute Gasteiger partial charge is 0.481 e. The number of rotatable bonds is 8. The molecule has 4 N–H and O–H groups in total. The summed E-state index contributed by atoms with van der Waals surface area (Å²) in [6.07, 6.45) is 5.15. The molecule has 7 nitrogen and oxygen atoms in total. The second kappa shape index (κ2) is 9.40. The van der Waals surface area contributed by atoms with Crippen molar-refractivity contribution in [2.24, 2.45) is 11.7 Å². The number of esters is 1. The smallest absolute Gasteiger partial charge is 0.309 e. The van der Waals surface area contributed by atoms with Crippen molar-refractivity contribution in [2.75, 3.05) is 6.61 Å². The molecule has 0 heterocycles. The van der Waals surface area contributed by atoms with Gasteiger partial charge in [-0.1, -0.05) is 26.2 Å². The van der Waals surface area contributed by atoms with E-state index in [1.807, 2.05) is 6.92 Å². The van der Waals surface area contributed by atoms with E-state index < -0.39 is 24.3 Å². The number of ether oxygens (including phenoxy) is 1. The van der Waals surface area contributed by atoms with Gasteiger partial charge in [0, 0.05) is 0 Å². The van der Waals surface area contributed by atoms with Crippen molar-refractivity contribution >= 4 is 17.8 Å². The van der Waals surface area contributed by atoms with Gasteiger partial charge in [-0.3, -0.25) is 14.4 Å². The summed E-state index contributed by atoms with van der Waals surface area (Å²) < 4.78 is 5.29. The zero-order valence-electron chi connectivity index (χ0n) is 13.0. The van der Waals surface area contributed by atoms with Crippen LogP contribution in [-0.2, 0) is 19.1 Å². The lowest BCUT2D eigenvalue weighted by molar-refractivity contribution is -0.151. The molecular formula is C15H26N2O5. The number of hydrogen-bond acceptors (Lipinski definition) is 5. The molecule has 0 saturated heterocycles. The minimum atomic E-state index is -1.13. The summed E-state index contributed by atoms with van der Waals surface area (Å²) in [5.41, 5.74) is 5.49. The quantitative estimate of drug-likeness (QED) is 0.570. The molecule has 1 aliphatic carbocycles. The van der Waals surface area contributed by atoms with E-state index in [2.05, 4.69) is 5.32 Å². The lowest BCUT2D eigenvalue weighted by atomic mass is 9.89. The molecule has 1 rings (SSSR count). The van der Waals surface area contributed by atoms with Gasteiger partial charge < -0.3 is 20.9 Å². The number of carbonyl (C=O) groups excluding carboxylic acids is 2. The van der Waals surface area contributed by atoms with Crippen molar-refractivity contribution in [3.63, 3.8) is 0 Å². The molecule has 0 aromatic rings. The number of carboxylic acids is 1. The maximum absolute atomic E-state index is 11.9. The molecule has 0 aromatic heterocycles. The fourth-order valence-electron chi connectivity index (χ4n) is 2.49. The van der Waals surface area contributed by atoms with Crippen LogP contribution >= 0.6 is 0 Å². The van der Waals surface area contributed by atoms with Crippen LogP contribution in [-0.4, -0.2) is 41.6 Å². The number of nitrogens with two attached hydrogens (primary N) is 1. The first-order valence-corrected chi connectivity index (χ1v) is 7.88. The van der Waals surface area contributed by atoms with Crippen LogP contribution in [0.5, 0.6) is 0 Å². The van der Waals surface area contributed by atoms with Crippen molar-refractivity contribution in [1.82, 2.24) is 5.32 Å². The van der Waals surface area contributed by atoms with E-state index in [0.717, 1.165) is 25.7 Å². The van der Waals surface area contributed by atoms with Gasteiger partial charge in [-0.05, 0) is 19.3 Å². The molecule has 1 saturated carbocycles. The fourth-order valence-corrected chi connectivity index (χ4v) is 2.49. The van der Waals surface area contributed by atoms with E-state index in [9.17, 15) is 14.4 Å². The van der Waals surface area contributed by atoms with Gasteiger partial charge in [0.1, 0.15) is 6.61 Å². The van der Waals surface area contributed by atoms with Crippen molar-refractivity contribution in [3.05, 3.63) is 0 Å². The lowest BCUT2D eigenvalue weighted by Gasteiger charge is -2.23. The molecule has 2 atom stereocenters. The van der Waals surface area contributed by atoms with E-state index in [1.165, 1.54) is 6.42 Å². The van der Waals surface area contributed by atoms with Gasteiger partial charge in [-0.2, -0.15) is 0 Å². The van der Waals surface area contributed by atoms with Gasteiger partial charge in [0.05, 0.1) is 24.4 Å². The van der Waals surface area contributed by atoms with Crippen molar-refractivity contribution in [2.45, 2.75) is 64.0 Å². The highest BCUT2D eigenvalue weighted by molar-refractivity contribution is 5.86.